The highest BCUT2D eigenvalue weighted by Gasteiger charge is 2.31. The summed E-state index contributed by atoms with van der Waals surface area (Å²) in [6.07, 6.45) is 2.04. The zero-order valence-electron chi connectivity index (χ0n) is 14.3. The molecule has 142 valence electrons. The number of amides is 1. The van der Waals surface area contributed by atoms with Crippen molar-refractivity contribution < 1.29 is 17.9 Å². The van der Waals surface area contributed by atoms with E-state index < -0.39 is 15.9 Å². The molecular weight excluding hydrogens is 389 g/mol. The number of nitrogens with zero attached hydrogens (tertiary/aromatic N) is 1. The summed E-state index contributed by atoms with van der Waals surface area (Å²) in [5.74, 6) is -0.0779. The Morgan fingerprint density at radius 1 is 1.44 bits per heavy atom. The minimum Gasteiger partial charge on any atom is -0.494 e. The Bertz CT molecular complexity index is 737. The van der Waals surface area contributed by atoms with Gasteiger partial charge in [0.05, 0.1) is 12.7 Å². The minimum atomic E-state index is -3.92. The maximum atomic E-state index is 12.6. The minimum absolute atomic E-state index is 0. The van der Waals surface area contributed by atoms with E-state index in [0.717, 1.165) is 12.8 Å². The van der Waals surface area contributed by atoms with Gasteiger partial charge < -0.3 is 15.4 Å². The van der Waals surface area contributed by atoms with Crippen molar-refractivity contribution in [2.75, 3.05) is 27.7 Å². The van der Waals surface area contributed by atoms with Crippen molar-refractivity contribution in [2.45, 2.75) is 23.8 Å². The van der Waals surface area contributed by atoms with Crippen LogP contribution in [0, 0.1) is 5.92 Å². The van der Waals surface area contributed by atoms with Crippen LogP contribution < -0.4 is 15.2 Å². The van der Waals surface area contributed by atoms with Gasteiger partial charge in [0.2, 0.25) is 10.0 Å². The molecule has 0 bridgehead atoms. The SMILES string of the molecule is COc1c(C(=O)N(C)C)cc(Cl)cc1S(=O)(=O)NCC(N)C1CC1.Cl. The second kappa shape index (κ2) is 8.55. The highest BCUT2D eigenvalue weighted by molar-refractivity contribution is 7.89. The standard InChI is InChI=1S/C15H22ClN3O4S.ClH/c1-19(2)15(20)11-6-10(16)7-13(14(11)23-3)24(21,22)18-8-12(17)9-4-5-9;/h6-7,9,12,18H,4-5,8,17H2,1-3H3;1H. The molecule has 0 aromatic heterocycles. The third-order valence-electron chi connectivity index (χ3n) is 3.89. The molecule has 7 nitrogen and oxygen atoms in total. The molecule has 1 unspecified atom stereocenters. The number of carbonyl (C=O) groups excluding carboxylic acids is 1. The zero-order chi connectivity index (χ0) is 18.1. The Labute approximate surface area is 159 Å². The molecule has 2 rings (SSSR count). The second-order valence-corrected chi connectivity index (χ2v) is 8.21. The van der Waals surface area contributed by atoms with E-state index in [9.17, 15) is 13.2 Å². The van der Waals surface area contributed by atoms with Crippen LogP contribution in [-0.4, -0.2) is 53.0 Å². The number of rotatable bonds is 7. The van der Waals surface area contributed by atoms with Gasteiger partial charge in [-0.3, -0.25) is 4.79 Å². The van der Waals surface area contributed by atoms with E-state index >= 15 is 0 Å². The van der Waals surface area contributed by atoms with Gasteiger partial charge in [0.25, 0.3) is 5.91 Å². The Morgan fingerprint density at radius 3 is 2.52 bits per heavy atom. The Hall–Kier alpha value is -1.06. The van der Waals surface area contributed by atoms with Crippen LogP contribution in [0.1, 0.15) is 23.2 Å². The largest absolute Gasteiger partial charge is 0.494 e. The van der Waals surface area contributed by atoms with Crippen LogP contribution in [0.15, 0.2) is 17.0 Å². The molecule has 1 aliphatic carbocycles. The van der Waals surface area contributed by atoms with Gasteiger partial charge in [0, 0.05) is 31.7 Å². The van der Waals surface area contributed by atoms with E-state index in [4.69, 9.17) is 22.1 Å². The number of benzene rings is 1. The van der Waals surface area contributed by atoms with Gasteiger partial charge in [-0.05, 0) is 30.9 Å². The maximum Gasteiger partial charge on any atom is 0.257 e. The lowest BCUT2D eigenvalue weighted by Gasteiger charge is -2.18. The number of hydrogen-bond donors (Lipinski definition) is 2. The highest BCUT2D eigenvalue weighted by atomic mass is 35.5. The van der Waals surface area contributed by atoms with Crippen LogP contribution in [-0.2, 0) is 10.0 Å². The molecule has 10 heteroatoms. The number of sulfonamides is 1. The summed E-state index contributed by atoms with van der Waals surface area (Å²) in [5.41, 5.74) is 6.02. The molecular formula is C15H23Cl2N3O4S. The fourth-order valence-corrected chi connectivity index (χ4v) is 3.92. The molecule has 0 saturated heterocycles. The van der Waals surface area contributed by atoms with Gasteiger partial charge >= 0.3 is 0 Å². The molecule has 25 heavy (non-hydrogen) atoms. The molecule has 1 amide bonds. The van der Waals surface area contributed by atoms with E-state index in [1.54, 1.807) is 14.1 Å². The van der Waals surface area contributed by atoms with Crippen molar-refractivity contribution in [2.24, 2.45) is 11.7 Å². The summed E-state index contributed by atoms with van der Waals surface area (Å²) < 4.78 is 32.9. The van der Waals surface area contributed by atoms with Crippen LogP contribution in [0.5, 0.6) is 5.75 Å². The first kappa shape index (κ1) is 22.0. The van der Waals surface area contributed by atoms with E-state index in [0.29, 0.717) is 5.92 Å². The molecule has 1 aromatic rings. The monoisotopic (exact) mass is 411 g/mol. The summed E-state index contributed by atoms with van der Waals surface area (Å²) in [6.45, 7) is 0.125. The van der Waals surface area contributed by atoms with Crippen molar-refractivity contribution in [3.63, 3.8) is 0 Å². The van der Waals surface area contributed by atoms with E-state index in [2.05, 4.69) is 4.72 Å². The second-order valence-electron chi connectivity index (χ2n) is 6.04. The van der Waals surface area contributed by atoms with Crippen LogP contribution in [0.4, 0.5) is 0 Å². The third kappa shape index (κ3) is 5.21. The van der Waals surface area contributed by atoms with E-state index in [1.165, 1.54) is 24.1 Å². The maximum absolute atomic E-state index is 12.6. The highest BCUT2D eigenvalue weighted by Crippen LogP contribution is 2.33. The lowest BCUT2D eigenvalue weighted by atomic mass is 10.2. The normalized spacial score (nSPS) is 15.2. The lowest BCUT2D eigenvalue weighted by Crippen LogP contribution is -2.38. The van der Waals surface area contributed by atoms with Gasteiger partial charge in [-0.15, -0.1) is 12.4 Å². The molecule has 1 saturated carbocycles. The molecule has 0 heterocycles. The van der Waals surface area contributed by atoms with Gasteiger partial charge in [-0.2, -0.15) is 0 Å². The van der Waals surface area contributed by atoms with Gasteiger partial charge in [-0.1, -0.05) is 11.6 Å². The van der Waals surface area contributed by atoms with Crippen molar-refractivity contribution >= 4 is 39.9 Å². The molecule has 0 radical (unpaired) electrons. The topological polar surface area (TPSA) is 102 Å². The number of nitrogens with one attached hydrogen (secondary N) is 1. The quantitative estimate of drug-likeness (QED) is 0.707. The van der Waals surface area contributed by atoms with Crippen molar-refractivity contribution in [3.05, 3.63) is 22.7 Å². The molecule has 3 N–H and O–H groups in total. The van der Waals surface area contributed by atoms with E-state index in [1.807, 2.05) is 0 Å². The first-order valence-electron chi connectivity index (χ1n) is 7.51. The summed E-state index contributed by atoms with van der Waals surface area (Å²) in [5, 5.41) is 0.132. The molecule has 1 atom stereocenters. The number of methoxy groups -OCH3 is 1. The van der Waals surface area contributed by atoms with Crippen LogP contribution in [0.3, 0.4) is 0 Å². The van der Waals surface area contributed by atoms with E-state index in [-0.39, 0.29) is 46.2 Å². The van der Waals surface area contributed by atoms with Crippen molar-refractivity contribution in [3.8, 4) is 5.75 Å². The fraction of sp³-hybridized carbons (Fsp3) is 0.533. The predicted octanol–water partition coefficient (Wildman–Crippen LogP) is 1.49. The number of carbonyl (C=O) groups is 1. The summed E-state index contributed by atoms with van der Waals surface area (Å²) in [6, 6.07) is 2.42. The Kier molecular flexibility index (Phi) is 7.52. The van der Waals surface area contributed by atoms with Crippen LogP contribution >= 0.6 is 24.0 Å². The molecule has 1 fully saturated rings. The van der Waals surface area contributed by atoms with Crippen molar-refractivity contribution in [1.82, 2.24) is 9.62 Å². The average molecular weight is 412 g/mol. The average Bonchev–Trinajstić information content (AvgIpc) is 3.35. The fourth-order valence-electron chi connectivity index (χ4n) is 2.35. The third-order valence-corrected chi connectivity index (χ3v) is 5.53. The first-order chi connectivity index (χ1) is 11.2. The molecule has 1 aliphatic rings. The number of halogens is 2. The predicted molar refractivity (Wildman–Crippen MR) is 99.2 cm³/mol. The van der Waals surface area contributed by atoms with Crippen LogP contribution in [0.25, 0.3) is 0 Å². The summed E-state index contributed by atoms with van der Waals surface area (Å²) in [7, 11) is 0.510. The number of ether oxygens (including phenoxy) is 1. The van der Waals surface area contributed by atoms with Gasteiger partial charge in [-0.25, -0.2) is 13.1 Å². The number of nitrogens with two attached hydrogens (primary N) is 1. The lowest BCUT2D eigenvalue weighted by molar-refractivity contribution is 0.0824. The van der Waals surface area contributed by atoms with Gasteiger partial charge in [0.1, 0.15) is 4.90 Å². The molecule has 0 aliphatic heterocycles. The number of hydrogen-bond acceptors (Lipinski definition) is 5. The van der Waals surface area contributed by atoms with Crippen molar-refractivity contribution in [1.29, 1.82) is 0 Å². The Morgan fingerprint density at radius 2 is 2.04 bits per heavy atom. The smallest absolute Gasteiger partial charge is 0.257 e. The molecule has 1 aromatic carbocycles. The summed E-state index contributed by atoms with van der Waals surface area (Å²) >= 11 is 6.01. The van der Waals surface area contributed by atoms with Crippen LogP contribution in [0.2, 0.25) is 5.02 Å². The zero-order valence-corrected chi connectivity index (χ0v) is 16.7. The Balaban J connectivity index is 0.00000312. The summed E-state index contributed by atoms with van der Waals surface area (Å²) in [4.78, 5) is 13.4. The van der Waals surface area contributed by atoms with Gasteiger partial charge in [0.15, 0.2) is 5.75 Å². The molecule has 0 spiro atoms. The first-order valence-corrected chi connectivity index (χ1v) is 9.38.